The average molecular weight is 166 g/mol. The molecule has 0 aromatic carbocycles. The van der Waals surface area contributed by atoms with Crippen molar-refractivity contribution in [1.82, 2.24) is 9.78 Å². The molecule has 0 radical (unpaired) electrons. The highest BCUT2D eigenvalue weighted by molar-refractivity contribution is 5.74. The molecule has 0 aliphatic heterocycles. The molecule has 64 valence electrons. The molecule has 1 saturated carbocycles. The second-order valence-corrected chi connectivity index (χ2v) is 3.20. The zero-order valence-electron chi connectivity index (χ0n) is 6.77. The highest BCUT2D eigenvalue weighted by Crippen LogP contribution is 2.46. The molecule has 1 N–H and O–H groups in total. The Morgan fingerprint density at radius 3 is 3.00 bits per heavy atom. The molecule has 0 saturated heterocycles. The van der Waals surface area contributed by atoms with E-state index in [4.69, 9.17) is 5.11 Å². The average Bonchev–Trinajstić information content (AvgIpc) is 2.70. The third kappa shape index (κ3) is 1.09. The molecule has 12 heavy (non-hydrogen) atoms. The van der Waals surface area contributed by atoms with E-state index in [1.807, 2.05) is 19.3 Å². The van der Waals surface area contributed by atoms with E-state index in [0.717, 1.165) is 12.1 Å². The van der Waals surface area contributed by atoms with E-state index >= 15 is 0 Å². The Morgan fingerprint density at radius 2 is 2.58 bits per heavy atom. The van der Waals surface area contributed by atoms with Gasteiger partial charge >= 0.3 is 5.97 Å². The minimum atomic E-state index is -0.703. The lowest BCUT2D eigenvalue weighted by molar-refractivity contribution is -0.138. The van der Waals surface area contributed by atoms with Crippen LogP contribution < -0.4 is 0 Å². The fourth-order valence-electron chi connectivity index (χ4n) is 1.43. The predicted octanol–water partition coefficient (Wildman–Crippen LogP) is 0.608. The van der Waals surface area contributed by atoms with E-state index in [-0.39, 0.29) is 11.8 Å². The number of aromatic nitrogens is 2. The molecule has 4 heteroatoms. The molecule has 0 bridgehead atoms. The van der Waals surface area contributed by atoms with Crippen LogP contribution in [0.3, 0.4) is 0 Å². The van der Waals surface area contributed by atoms with Crippen molar-refractivity contribution >= 4 is 5.97 Å². The van der Waals surface area contributed by atoms with Crippen LogP contribution in [0.15, 0.2) is 12.3 Å². The molecule has 1 aliphatic carbocycles. The Hall–Kier alpha value is -1.32. The van der Waals surface area contributed by atoms with Crippen molar-refractivity contribution in [3.05, 3.63) is 18.0 Å². The number of hydrogen-bond acceptors (Lipinski definition) is 2. The van der Waals surface area contributed by atoms with Crippen molar-refractivity contribution in [2.45, 2.75) is 12.3 Å². The molecule has 2 rings (SSSR count). The zero-order chi connectivity index (χ0) is 8.72. The third-order valence-electron chi connectivity index (χ3n) is 2.22. The molecule has 0 spiro atoms. The van der Waals surface area contributed by atoms with Gasteiger partial charge in [0.25, 0.3) is 0 Å². The molecule has 2 atom stereocenters. The number of hydrogen-bond donors (Lipinski definition) is 1. The fraction of sp³-hybridized carbons (Fsp3) is 0.500. The van der Waals surface area contributed by atoms with Gasteiger partial charge in [0.1, 0.15) is 0 Å². The van der Waals surface area contributed by atoms with Crippen LogP contribution in [0.5, 0.6) is 0 Å². The first kappa shape index (κ1) is 7.34. The monoisotopic (exact) mass is 166 g/mol. The van der Waals surface area contributed by atoms with Gasteiger partial charge < -0.3 is 5.11 Å². The normalized spacial score (nSPS) is 27.1. The quantitative estimate of drug-likeness (QED) is 0.700. The summed E-state index contributed by atoms with van der Waals surface area (Å²) in [6.45, 7) is 0. The van der Waals surface area contributed by atoms with Crippen LogP contribution in [0.4, 0.5) is 0 Å². The van der Waals surface area contributed by atoms with Gasteiger partial charge in [-0.1, -0.05) is 0 Å². The van der Waals surface area contributed by atoms with Gasteiger partial charge in [-0.3, -0.25) is 9.48 Å². The van der Waals surface area contributed by atoms with E-state index in [1.54, 1.807) is 4.68 Å². The molecular weight excluding hydrogens is 156 g/mol. The largest absolute Gasteiger partial charge is 0.481 e. The van der Waals surface area contributed by atoms with E-state index in [0.29, 0.717) is 0 Å². The summed E-state index contributed by atoms with van der Waals surface area (Å²) >= 11 is 0. The van der Waals surface area contributed by atoms with Crippen molar-refractivity contribution in [2.24, 2.45) is 13.0 Å². The summed E-state index contributed by atoms with van der Waals surface area (Å²) in [5.74, 6) is -0.741. The summed E-state index contributed by atoms with van der Waals surface area (Å²) in [5.41, 5.74) is 0.907. The van der Waals surface area contributed by atoms with Crippen LogP contribution in [0.1, 0.15) is 18.0 Å². The number of rotatable bonds is 2. The number of nitrogens with zero attached hydrogens (tertiary/aromatic N) is 2. The predicted molar refractivity (Wildman–Crippen MR) is 41.7 cm³/mol. The van der Waals surface area contributed by atoms with Crippen LogP contribution in [0.2, 0.25) is 0 Å². The Morgan fingerprint density at radius 1 is 1.83 bits per heavy atom. The summed E-state index contributed by atoms with van der Waals surface area (Å²) in [4.78, 5) is 10.5. The van der Waals surface area contributed by atoms with Crippen LogP contribution in [-0.2, 0) is 11.8 Å². The maximum absolute atomic E-state index is 10.5. The minimum Gasteiger partial charge on any atom is -0.481 e. The van der Waals surface area contributed by atoms with Crippen molar-refractivity contribution < 1.29 is 9.90 Å². The SMILES string of the molecule is Cn1ccc([C@@H]2C[C@H]2C(=O)O)n1. The molecule has 1 aromatic heterocycles. The molecular formula is C8H10N2O2. The fourth-order valence-corrected chi connectivity index (χ4v) is 1.43. The molecule has 1 fully saturated rings. The van der Waals surface area contributed by atoms with Crippen molar-refractivity contribution in [3.63, 3.8) is 0 Å². The van der Waals surface area contributed by atoms with Crippen LogP contribution in [-0.4, -0.2) is 20.9 Å². The molecule has 1 aromatic rings. The summed E-state index contributed by atoms with van der Waals surface area (Å²) in [6, 6.07) is 1.88. The van der Waals surface area contributed by atoms with Gasteiger partial charge in [-0.25, -0.2) is 0 Å². The second-order valence-electron chi connectivity index (χ2n) is 3.20. The minimum absolute atomic E-state index is 0.156. The molecule has 4 nitrogen and oxygen atoms in total. The van der Waals surface area contributed by atoms with Gasteiger partial charge in [-0.05, 0) is 12.5 Å². The van der Waals surface area contributed by atoms with Crippen molar-refractivity contribution in [1.29, 1.82) is 0 Å². The van der Waals surface area contributed by atoms with E-state index < -0.39 is 5.97 Å². The number of aliphatic carboxylic acids is 1. The van der Waals surface area contributed by atoms with Crippen LogP contribution in [0.25, 0.3) is 0 Å². The van der Waals surface area contributed by atoms with E-state index in [9.17, 15) is 4.79 Å². The Kier molecular flexibility index (Phi) is 1.43. The number of carboxylic acid groups (broad SMARTS) is 1. The lowest BCUT2D eigenvalue weighted by Crippen LogP contribution is -1.99. The standard InChI is InChI=1S/C8H10N2O2/c1-10-3-2-7(9-10)5-4-6(5)8(11)12/h2-3,5-6H,4H2,1H3,(H,11,12)/t5-,6-/m1/s1. The number of carbonyl (C=O) groups is 1. The van der Waals surface area contributed by atoms with Gasteiger partial charge in [0, 0.05) is 19.2 Å². The van der Waals surface area contributed by atoms with Gasteiger partial charge in [-0.15, -0.1) is 0 Å². The highest BCUT2D eigenvalue weighted by atomic mass is 16.4. The molecule has 1 heterocycles. The van der Waals surface area contributed by atoms with Crippen molar-refractivity contribution in [2.75, 3.05) is 0 Å². The molecule has 0 unspecified atom stereocenters. The maximum atomic E-state index is 10.5. The smallest absolute Gasteiger partial charge is 0.307 e. The topological polar surface area (TPSA) is 55.1 Å². The summed E-state index contributed by atoms with van der Waals surface area (Å²) < 4.78 is 1.70. The molecule has 1 aliphatic rings. The van der Waals surface area contributed by atoms with Gasteiger partial charge in [0.15, 0.2) is 0 Å². The van der Waals surface area contributed by atoms with Crippen LogP contribution >= 0.6 is 0 Å². The van der Waals surface area contributed by atoms with Crippen molar-refractivity contribution in [3.8, 4) is 0 Å². The summed E-state index contributed by atoms with van der Waals surface area (Å²) in [6.07, 6.45) is 2.58. The second kappa shape index (κ2) is 2.33. The first-order valence-corrected chi connectivity index (χ1v) is 3.91. The van der Waals surface area contributed by atoms with Gasteiger partial charge in [0.05, 0.1) is 11.6 Å². The lowest BCUT2D eigenvalue weighted by atomic mass is 10.2. The van der Waals surface area contributed by atoms with E-state index in [2.05, 4.69) is 5.10 Å². The van der Waals surface area contributed by atoms with Gasteiger partial charge in [0.2, 0.25) is 0 Å². The molecule has 0 amide bonds. The number of carboxylic acids is 1. The van der Waals surface area contributed by atoms with Crippen LogP contribution in [0, 0.1) is 5.92 Å². The third-order valence-corrected chi connectivity index (χ3v) is 2.22. The summed E-state index contributed by atoms with van der Waals surface area (Å²) in [5, 5.41) is 12.8. The first-order chi connectivity index (χ1) is 5.68. The summed E-state index contributed by atoms with van der Waals surface area (Å²) in [7, 11) is 1.83. The van der Waals surface area contributed by atoms with Gasteiger partial charge in [-0.2, -0.15) is 5.10 Å². The lowest BCUT2D eigenvalue weighted by Gasteiger charge is -1.89. The highest BCUT2D eigenvalue weighted by Gasteiger charge is 2.45. The first-order valence-electron chi connectivity index (χ1n) is 3.91. The maximum Gasteiger partial charge on any atom is 0.307 e. The Balaban J connectivity index is 2.10. The Bertz CT molecular complexity index is 319. The Labute approximate surface area is 69.8 Å². The number of aryl methyl sites for hydroxylation is 1. The van der Waals surface area contributed by atoms with E-state index in [1.165, 1.54) is 0 Å². The zero-order valence-corrected chi connectivity index (χ0v) is 6.77.